The minimum absolute atomic E-state index is 0.166. The van der Waals surface area contributed by atoms with Gasteiger partial charge in [0.1, 0.15) is 5.52 Å². The lowest BCUT2D eigenvalue weighted by molar-refractivity contribution is 0.451. The second-order valence-electron chi connectivity index (χ2n) is 6.08. The third-order valence-corrected chi connectivity index (χ3v) is 4.46. The van der Waals surface area contributed by atoms with Crippen molar-refractivity contribution in [3.63, 3.8) is 0 Å². The number of oxazole rings is 1. The minimum Gasteiger partial charge on any atom is -0.440 e. The number of benzene rings is 1. The second-order valence-corrected chi connectivity index (χ2v) is 6.08. The van der Waals surface area contributed by atoms with E-state index in [2.05, 4.69) is 37.0 Å². The summed E-state index contributed by atoms with van der Waals surface area (Å²) < 4.78 is 5.87. The normalized spacial score (nSPS) is 18.5. The van der Waals surface area contributed by atoms with Gasteiger partial charge in [0.15, 0.2) is 11.5 Å². The number of rotatable bonds is 3. The summed E-state index contributed by atoms with van der Waals surface area (Å²) in [5.74, 6) is 1.14. The van der Waals surface area contributed by atoms with Gasteiger partial charge in [-0.05, 0) is 30.5 Å². The predicted octanol–water partition coefficient (Wildman–Crippen LogP) is 3.72. The molecular weight excluding hydrogens is 236 g/mol. The van der Waals surface area contributed by atoms with Crippen molar-refractivity contribution in [2.45, 2.75) is 50.9 Å². The Morgan fingerprint density at radius 1 is 1.32 bits per heavy atom. The van der Waals surface area contributed by atoms with Crippen molar-refractivity contribution in [1.29, 1.82) is 0 Å². The highest BCUT2D eigenvalue weighted by Gasteiger charge is 2.34. The summed E-state index contributed by atoms with van der Waals surface area (Å²) >= 11 is 0. The topological polar surface area (TPSA) is 52.0 Å². The van der Waals surface area contributed by atoms with Crippen LogP contribution in [0.3, 0.4) is 0 Å². The molecule has 2 aromatic rings. The Bertz CT molecular complexity index is 579. The van der Waals surface area contributed by atoms with Crippen LogP contribution in [0, 0.1) is 0 Å². The lowest BCUT2D eigenvalue weighted by atomic mass is 9.79. The van der Waals surface area contributed by atoms with Crippen LogP contribution in [0.4, 0.5) is 0 Å². The molecule has 0 amide bonds. The summed E-state index contributed by atoms with van der Waals surface area (Å²) in [5.41, 5.74) is 9.40. The van der Waals surface area contributed by atoms with E-state index in [-0.39, 0.29) is 5.41 Å². The monoisotopic (exact) mass is 258 g/mol. The molecule has 0 aliphatic heterocycles. The van der Waals surface area contributed by atoms with Crippen molar-refractivity contribution in [3.8, 4) is 0 Å². The molecule has 1 aliphatic carbocycles. The van der Waals surface area contributed by atoms with E-state index in [1.807, 2.05) is 0 Å². The van der Waals surface area contributed by atoms with E-state index in [1.54, 1.807) is 0 Å². The van der Waals surface area contributed by atoms with Crippen molar-refractivity contribution in [2.75, 3.05) is 6.54 Å². The van der Waals surface area contributed by atoms with Crippen molar-refractivity contribution < 1.29 is 4.42 Å². The van der Waals surface area contributed by atoms with Gasteiger partial charge in [-0.15, -0.1) is 0 Å². The quantitative estimate of drug-likeness (QED) is 0.912. The van der Waals surface area contributed by atoms with Crippen molar-refractivity contribution >= 4 is 11.1 Å². The Balaban J connectivity index is 2.05. The zero-order chi connectivity index (χ0) is 13.5. The highest BCUT2D eigenvalue weighted by atomic mass is 16.3. The molecule has 3 nitrogen and oxygen atoms in total. The van der Waals surface area contributed by atoms with E-state index in [1.165, 1.54) is 31.2 Å². The van der Waals surface area contributed by atoms with Crippen molar-refractivity contribution in [1.82, 2.24) is 4.98 Å². The Morgan fingerprint density at radius 3 is 2.68 bits per heavy atom. The standard InChI is InChI=1S/C16H22N2O/c1-11(2)15-18-13-6-5-12(9-14(13)19-15)16(10-17)7-3-4-8-16/h5-6,9,11H,3-4,7-8,10,17H2,1-2H3. The van der Waals surface area contributed by atoms with Crippen LogP contribution in [0.15, 0.2) is 22.6 Å². The maximum absolute atomic E-state index is 6.05. The van der Waals surface area contributed by atoms with Crippen molar-refractivity contribution in [2.24, 2.45) is 5.73 Å². The van der Waals surface area contributed by atoms with Crippen LogP contribution < -0.4 is 5.73 Å². The third-order valence-electron chi connectivity index (χ3n) is 4.46. The van der Waals surface area contributed by atoms with Crippen LogP contribution in [0.1, 0.15) is 56.9 Å². The molecule has 1 fully saturated rings. The van der Waals surface area contributed by atoms with Gasteiger partial charge in [0, 0.05) is 17.9 Å². The molecule has 3 heteroatoms. The lowest BCUT2D eigenvalue weighted by Gasteiger charge is -2.27. The zero-order valence-corrected chi connectivity index (χ0v) is 11.8. The molecule has 1 aromatic heterocycles. The first-order valence-electron chi connectivity index (χ1n) is 7.26. The molecule has 0 bridgehead atoms. The van der Waals surface area contributed by atoms with Gasteiger partial charge in [-0.3, -0.25) is 0 Å². The molecule has 0 spiro atoms. The molecule has 0 radical (unpaired) electrons. The van der Waals surface area contributed by atoms with E-state index in [4.69, 9.17) is 10.2 Å². The smallest absolute Gasteiger partial charge is 0.198 e. The molecule has 1 heterocycles. The van der Waals surface area contributed by atoms with Crippen LogP contribution in [0.5, 0.6) is 0 Å². The Hall–Kier alpha value is -1.35. The van der Waals surface area contributed by atoms with Gasteiger partial charge in [-0.25, -0.2) is 4.98 Å². The van der Waals surface area contributed by atoms with Gasteiger partial charge >= 0.3 is 0 Å². The zero-order valence-electron chi connectivity index (χ0n) is 11.8. The number of fused-ring (bicyclic) bond motifs is 1. The fourth-order valence-electron chi connectivity index (χ4n) is 3.18. The first-order valence-corrected chi connectivity index (χ1v) is 7.26. The van der Waals surface area contributed by atoms with Crippen LogP contribution in [0.25, 0.3) is 11.1 Å². The molecule has 1 aromatic carbocycles. The van der Waals surface area contributed by atoms with Crippen LogP contribution in [0.2, 0.25) is 0 Å². The maximum Gasteiger partial charge on any atom is 0.198 e. The highest BCUT2D eigenvalue weighted by molar-refractivity contribution is 5.74. The molecule has 2 N–H and O–H groups in total. The van der Waals surface area contributed by atoms with Gasteiger partial charge in [0.25, 0.3) is 0 Å². The Morgan fingerprint density at radius 2 is 2.05 bits per heavy atom. The van der Waals surface area contributed by atoms with Gasteiger partial charge < -0.3 is 10.2 Å². The average Bonchev–Trinajstić information content (AvgIpc) is 3.05. The molecule has 1 aliphatic rings. The van der Waals surface area contributed by atoms with Crippen LogP contribution in [-0.4, -0.2) is 11.5 Å². The number of aromatic nitrogens is 1. The molecule has 1 saturated carbocycles. The van der Waals surface area contributed by atoms with E-state index in [9.17, 15) is 0 Å². The predicted molar refractivity (Wildman–Crippen MR) is 77.3 cm³/mol. The van der Waals surface area contributed by atoms with E-state index >= 15 is 0 Å². The summed E-state index contributed by atoms with van der Waals surface area (Å²) in [6.45, 7) is 4.93. The fourth-order valence-corrected chi connectivity index (χ4v) is 3.18. The average molecular weight is 258 g/mol. The SMILES string of the molecule is CC(C)c1nc2ccc(C3(CN)CCCC3)cc2o1. The number of nitrogens with zero attached hydrogens (tertiary/aromatic N) is 1. The third kappa shape index (κ3) is 2.06. The summed E-state index contributed by atoms with van der Waals surface area (Å²) in [7, 11) is 0. The number of hydrogen-bond donors (Lipinski definition) is 1. The molecule has 19 heavy (non-hydrogen) atoms. The molecule has 0 atom stereocenters. The lowest BCUT2D eigenvalue weighted by Crippen LogP contribution is -2.31. The van der Waals surface area contributed by atoms with Gasteiger partial charge in [-0.1, -0.05) is 32.8 Å². The molecule has 0 saturated heterocycles. The minimum atomic E-state index is 0.166. The fraction of sp³-hybridized carbons (Fsp3) is 0.562. The Kier molecular flexibility index (Phi) is 3.09. The van der Waals surface area contributed by atoms with Gasteiger partial charge in [-0.2, -0.15) is 0 Å². The van der Waals surface area contributed by atoms with Crippen LogP contribution in [-0.2, 0) is 5.41 Å². The van der Waals surface area contributed by atoms with Gasteiger partial charge in [0.2, 0.25) is 0 Å². The first-order chi connectivity index (χ1) is 9.14. The molecule has 3 rings (SSSR count). The van der Waals surface area contributed by atoms with E-state index in [0.717, 1.165) is 23.5 Å². The summed E-state index contributed by atoms with van der Waals surface area (Å²) in [6.07, 6.45) is 4.95. The molecule has 102 valence electrons. The van der Waals surface area contributed by atoms with Gasteiger partial charge in [0.05, 0.1) is 0 Å². The summed E-state index contributed by atoms with van der Waals surface area (Å²) in [6, 6.07) is 6.43. The second kappa shape index (κ2) is 4.64. The first kappa shape index (κ1) is 12.7. The van der Waals surface area contributed by atoms with E-state index in [0.29, 0.717) is 5.92 Å². The largest absolute Gasteiger partial charge is 0.440 e. The summed E-state index contributed by atoms with van der Waals surface area (Å²) in [4.78, 5) is 4.53. The number of hydrogen-bond acceptors (Lipinski definition) is 3. The molecule has 0 unspecified atom stereocenters. The Labute approximate surface area is 114 Å². The summed E-state index contributed by atoms with van der Waals surface area (Å²) in [5, 5.41) is 0. The van der Waals surface area contributed by atoms with E-state index < -0.39 is 0 Å². The molecular formula is C16H22N2O. The van der Waals surface area contributed by atoms with Crippen molar-refractivity contribution in [3.05, 3.63) is 29.7 Å². The van der Waals surface area contributed by atoms with Crippen LogP contribution >= 0.6 is 0 Å². The maximum atomic E-state index is 6.05. The number of nitrogens with two attached hydrogens (primary N) is 1. The highest BCUT2D eigenvalue weighted by Crippen LogP contribution is 2.41.